The van der Waals surface area contributed by atoms with E-state index >= 15 is 0 Å². The van der Waals surface area contributed by atoms with Crippen molar-refractivity contribution in [1.82, 2.24) is 0 Å². The normalized spacial score (nSPS) is 16.6. The predicted molar refractivity (Wildman–Crippen MR) is 113 cm³/mol. The Balaban J connectivity index is 1.91. The van der Waals surface area contributed by atoms with E-state index in [1.54, 1.807) is 35.7 Å². The van der Waals surface area contributed by atoms with Crippen LogP contribution in [0.15, 0.2) is 71.3 Å². The Morgan fingerprint density at radius 3 is 2.45 bits per heavy atom. The van der Waals surface area contributed by atoms with Gasteiger partial charge >= 0.3 is 0 Å². The molecule has 5 nitrogen and oxygen atoms in total. The number of hydrogen-bond donors (Lipinski definition) is 2. The van der Waals surface area contributed by atoms with Crippen LogP contribution in [0, 0.1) is 13.8 Å². The Labute approximate surface area is 172 Å². The van der Waals surface area contributed by atoms with Crippen LogP contribution < -0.4 is 4.90 Å². The molecule has 1 aliphatic heterocycles. The van der Waals surface area contributed by atoms with Gasteiger partial charge in [-0.3, -0.25) is 14.5 Å². The van der Waals surface area contributed by atoms with Gasteiger partial charge in [-0.2, -0.15) is 0 Å². The van der Waals surface area contributed by atoms with Gasteiger partial charge in [0.05, 0.1) is 16.5 Å². The van der Waals surface area contributed by atoms with Gasteiger partial charge in [-0.05, 0) is 66.2 Å². The van der Waals surface area contributed by atoms with Crippen LogP contribution in [0.3, 0.4) is 0 Å². The average molecular weight is 405 g/mol. The summed E-state index contributed by atoms with van der Waals surface area (Å²) in [7, 11) is 0. The number of phenols is 1. The maximum absolute atomic E-state index is 13.2. The van der Waals surface area contributed by atoms with Gasteiger partial charge in [-0.15, -0.1) is 11.3 Å². The topological polar surface area (TPSA) is 77.8 Å². The minimum absolute atomic E-state index is 0.0151. The van der Waals surface area contributed by atoms with E-state index in [1.807, 2.05) is 26.0 Å². The van der Waals surface area contributed by atoms with Crippen LogP contribution in [0.25, 0.3) is 0 Å². The number of phenolic OH excluding ortho intramolecular Hbond substituents is 1. The van der Waals surface area contributed by atoms with Gasteiger partial charge in [0.15, 0.2) is 5.76 Å². The maximum atomic E-state index is 13.2. The van der Waals surface area contributed by atoms with Crippen LogP contribution in [0.5, 0.6) is 5.75 Å². The first-order valence-corrected chi connectivity index (χ1v) is 9.97. The summed E-state index contributed by atoms with van der Waals surface area (Å²) in [5.41, 5.74) is 3.19. The van der Waals surface area contributed by atoms with E-state index in [1.165, 1.54) is 28.4 Å². The molecule has 146 valence electrons. The van der Waals surface area contributed by atoms with Crippen molar-refractivity contribution in [2.24, 2.45) is 0 Å². The van der Waals surface area contributed by atoms with Crippen molar-refractivity contribution >= 4 is 28.7 Å². The molecular weight excluding hydrogens is 386 g/mol. The van der Waals surface area contributed by atoms with Crippen molar-refractivity contribution in [3.05, 3.63) is 92.9 Å². The van der Waals surface area contributed by atoms with E-state index in [0.717, 1.165) is 11.1 Å². The Morgan fingerprint density at radius 1 is 1.00 bits per heavy atom. The number of ketones is 1. The van der Waals surface area contributed by atoms with Crippen molar-refractivity contribution in [2.75, 3.05) is 4.90 Å². The number of carbonyl (C=O) groups is 2. The highest BCUT2D eigenvalue weighted by molar-refractivity contribution is 7.12. The number of nitrogens with zero attached hydrogens (tertiary/aromatic N) is 1. The fourth-order valence-corrected chi connectivity index (χ4v) is 4.21. The lowest BCUT2D eigenvalue weighted by atomic mass is 9.94. The number of anilines is 1. The summed E-state index contributed by atoms with van der Waals surface area (Å²) in [5.74, 6) is -1.58. The Kier molecular flexibility index (Phi) is 4.72. The summed E-state index contributed by atoms with van der Waals surface area (Å²) in [6.07, 6.45) is 0. The predicted octanol–water partition coefficient (Wildman–Crippen LogP) is 4.85. The zero-order valence-corrected chi connectivity index (χ0v) is 16.7. The van der Waals surface area contributed by atoms with Gasteiger partial charge in [-0.1, -0.05) is 24.3 Å². The largest absolute Gasteiger partial charge is 0.508 e. The van der Waals surface area contributed by atoms with Crippen LogP contribution in [0.1, 0.15) is 32.4 Å². The van der Waals surface area contributed by atoms with Crippen LogP contribution in [-0.4, -0.2) is 21.9 Å². The maximum Gasteiger partial charge on any atom is 0.294 e. The molecule has 2 heterocycles. The number of thiophene rings is 1. The summed E-state index contributed by atoms with van der Waals surface area (Å²) in [6.45, 7) is 3.91. The highest BCUT2D eigenvalue weighted by atomic mass is 32.1. The molecule has 0 fully saturated rings. The number of rotatable bonds is 4. The molecule has 0 saturated heterocycles. The SMILES string of the molecule is Cc1ccc(N2C(=O)C(O)=C(C(=O)c3cccs3)C2c2cccc(O)c2)cc1C. The van der Waals surface area contributed by atoms with Gasteiger partial charge in [0.1, 0.15) is 5.75 Å². The highest BCUT2D eigenvalue weighted by Gasteiger charge is 2.45. The standard InChI is InChI=1S/C23H19NO4S/c1-13-8-9-16(11-14(13)2)24-20(15-5-3-6-17(25)12-15)19(22(27)23(24)28)21(26)18-7-4-10-29-18/h3-12,20,25,27H,1-2H3. The van der Waals surface area contributed by atoms with Crippen LogP contribution in [0.2, 0.25) is 0 Å². The van der Waals surface area contributed by atoms with E-state index in [0.29, 0.717) is 16.1 Å². The molecule has 1 amide bonds. The molecule has 0 aliphatic carbocycles. The van der Waals surface area contributed by atoms with E-state index in [4.69, 9.17) is 0 Å². The quantitative estimate of drug-likeness (QED) is 0.608. The van der Waals surface area contributed by atoms with Crippen molar-refractivity contribution in [2.45, 2.75) is 19.9 Å². The molecule has 29 heavy (non-hydrogen) atoms. The zero-order valence-electron chi connectivity index (χ0n) is 15.9. The summed E-state index contributed by atoms with van der Waals surface area (Å²) >= 11 is 1.25. The Hall–Kier alpha value is -3.38. The van der Waals surface area contributed by atoms with Gasteiger partial charge < -0.3 is 10.2 Å². The number of hydrogen-bond acceptors (Lipinski definition) is 5. The number of aliphatic hydroxyl groups is 1. The molecule has 0 bridgehead atoms. The summed E-state index contributed by atoms with van der Waals surface area (Å²) in [5, 5.41) is 22.4. The smallest absolute Gasteiger partial charge is 0.294 e. The first kappa shape index (κ1) is 19.0. The molecule has 1 atom stereocenters. The van der Waals surface area contributed by atoms with E-state index in [9.17, 15) is 19.8 Å². The number of aryl methyl sites for hydroxylation is 2. The third-order valence-corrected chi connectivity index (χ3v) is 6.02. The van der Waals surface area contributed by atoms with Crippen molar-refractivity contribution in [1.29, 1.82) is 0 Å². The second-order valence-electron chi connectivity index (χ2n) is 7.01. The Bertz CT molecular complexity index is 1150. The highest BCUT2D eigenvalue weighted by Crippen LogP contribution is 2.43. The second kappa shape index (κ2) is 7.22. The van der Waals surface area contributed by atoms with Gasteiger partial charge in [-0.25, -0.2) is 0 Å². The molecule has 0 saturated carbocycles. The third kappa shape index (κ3) is 3.21. The molecule has 3 aromatic rings. The monoisotopic (exact) mass is 405 g/mol. The fraction of sp³-hybridized carbons (Fsp3) is 0.130. The number of benzene rings is 2. The molecule has 2 N–H and O–H groups in total. The lowest BCUT2D eigenvalue weighted by molar-refractivity contribution is -0.117. The van der Waals surface area contributed by atoms with Crippen LogP contribution in [-0.2, 0) is 4.79 Å². The molecular formula is C23H19NO4S. The number of Topliss-reactive ketones (excluding diaryl/α,β-unsaturated/α-hetero) is 1. The lowest BCUT2D eigenvalue weighted by Gasteiger charge is -2.27. The number of aliphatic hydroxyl groups excluding tert-OH is 1. The van der Waals surface area contributed by atoms with Gasteiger partial charge in [0.2, 0.25) is 5.78 Å². The number of aromatic hydroxyl groups is 1. The van der Waals surface area contributed by atoms with E-state index < -0.39 is 23.5 Å². The zero-order chi connectivity index (χ0) is 20.7. The second-order valence-corrected chi connectivity index (χ2v) is 7.96. The first-order chi connectivity index (χ1) is 13.9. The summed E-state index contributed by atoms with van der Waals surface area (Å²) < 4.78 is 0. The molecule has 4 rings (SSSR count). The summed E-state index contributed by atoms with van der Waals surface area (Å²) in [6, 6.07) is 14.5. The molecule has 1 aromatic heterocycles. The fourth-order valence-electron chi connectivity index (χ4n) is 3.53. The number of carbonyl (C=O) groups excluding carboxylic acids is 2. The van der Waals surface area contributed by atoms with Crippen molar-refractivity contribution < 1.29 is 19.8 Å². The van der Waals surface area contributed by atoms with Crippen molar-refractivity contribution in [3.8, 4) is 5.75 Å². The molecule has 2 aromatic carbocycles. The Morgan fingerprint density at radius 2 is 1.79 bits per heavy atom. The van der Waals surface area contributed by atoms with E-state index in [-0.39, 0.29) is 11.3 Å². The van der Waals surface area contributed by atoms with Crippen molar-refractivity contribution in [3.63, 3.8) is 0 Å². The summed E-state index contributed by atoms with van der Waals surface area (Å²) in [4.78, 5) is 28.1. The van der Waals surface area contributed by atoms with Crippen LogP contribution >= 0.6 is 11.3 Å². The molecule has 1 aliphatic rings. The lowest BCUT2D eigenvalue weighted by Crippen LogP contribution is -2.31. The van der Waals surface area contributed by atoms with E-state index in [2.05, 4.69) is 0 Å². The third-order valence-electron chi connectivity index (χ3n) is 5.15. The van der Waals surface area contributed by atoms with Gasteiger partial charge in [0, 0.05) is 5.69 Å². The van der Waals surface area contributed by atoms with Crippen LogP contribution in [0.4, 0.5) is 5.69 Å². The minimum atomic E-state index is -0.841. The molecule has 6 heteroatoms. The molecule has 1 unspecified atom stereocenters. The molecule has 0 spiro atoms. The average Bonchev–Trinajstić information content (AvgIpc) is 3.32. The molecule has 0 radical (unpaired) electrons. The minimum Gasteiger partial charge on any atom is -0.508 e. The first-order valence-electron chi connectivity index (χ1n) is 9.09. The number of amides is 1. The van der Waals surface area contributed by atoms with Gasteiger partial charge in [0.25, 0.3) is 5.91 Å².